The Morgan fingerprint density at radius 3 is 2.67 bits per heavy atom. The normalized spacial score (nSPS) is 20.4. The highest BCUT2D eigenvalue weighted by atomic mass is 19.1. The van der Waals surface area contributed by atoms with E-state index in [-0.39, 0.29) is 42.6 Å². The van der Waals surface area contributed by atoms with Gasteiger partial charge < -0.3 is 9.84 Å². The van der Waals surface area contributed by atoms with Crippen LogP contribution in [-0.4, -0.2) is 40.8 Å². The molecule has 2 atom stereocenters. The van der Waals surface area contributed by atoms with Crippen LogP contribution in [0.25, 0.3) is 5.69 Å². The van der Waals surface area contributed by atoms with Gasteiger partial charge in [-0.25, -0.2) is 32.5 Å². The van der Waals surface area contributed by atoms with Crippen LogP contribution in [0.2, 0.25) is 0 Å². The number of phenolic OH excluding ortho intramolecular Hbond substituents is 1. The molecule has 170 valence electrons. The van der Waals surface area contributed by atoms with Gasteiger partial charge in [0.05, 0.1) is 25.4 Å². The summed E-state index contributed by atoms with van der Waals surface area (Å²) >= 11 is 0. The molecule has 0 radical (unpaired) electrons. The molecule has 0 unspecified atom stereocenters. The lowest BCUT2D eigenvalue weighted by Gasteiger charge is -2.29. The zero-order chi connectivity index (χ0) is 23.0. The molecule has 0 aliphatic carbocycles. The molecule has 2 aromatic heterocycles. The molecule has 4 aromatic rings. The molecule has 3 heterocycles. The van der Waals surface area contributed by atoms with Crippen LogP contribution < -0.4 is 5.69 Å². The van der Waals surface area contributed by atoms with Crippen LogP contribution in [0.4, 0.5) is 8.78 Å². The molecule has 0 spiro atoms. The van der Waals surface area contributed by atoms with E-state index >= 15 is 0 Å². The molecule has 9 nitrogen and oxygen atoms in total. The van der Waals surface area contributed by atoms with E-state index in [0.717, 1.165) is 6.07 Å². The van der Waals surface area contributed by atoms with Crippen molar-refractivity contribution in [3.8, 4) is 11.4 Å². The van der Waals surface area contributed by atoms with Crippen molar-refractivity contribution in [2.45, 2.75) is 25.1 Å². The molecular formula is C22H20F2N6O3. The first-order chi connectivity index (χ1) is 15.9. The Labute approximate surface area is 186 Å². The molecule has 1 aliphatic heterocycles. The maximum absolute atomic E-state index is 14.8. The topological polar surface area (TPSA) is 100.0 Å². The van der Waals surface area contributed by atoms with Crippen molar-refractivity contribution in [2.24, 2.45) is 5.92 Å². The quantitative estimate of drug-likeness (QED) is 0.480. The smallest absolute Gasteiger partial charge is 0.350 e. The Morgan fingerprint density at radius 2 is 1.94 bits per heavy atom. The minimum absolute atomic E-state index is 0.0963. The molecule has 0 saturated carbocycles. The fourth-order valence-electron chi connectivity index (χ4n) is 4.29. The third-order valence-corrected chi connectivity index (χ3v) is 5.81. The summed E-state index contributed by atoms with van der Waals surface area (Å²) in [7, 11) is 0. The van der Waals surface area contributed by atoms with Gasteiger partial charge in [0.2, 0.25) is 0 Å². The number of halogens is 2. The molecule has 1 saturated heterocycles. The van der Waals surface area contributed by atoms with E-state index in [1.54, 1.807) is 12.1 Å². The third-order valence-electron chi connectivity index (χ3n) is 5.81. The van der Waals surface area contributed by atoms with E-state index in [9.17, 15) is 18.7 Å². The van der Waals surface area contributed by atoms with Crippen molar-refractivity contribution in [2.75, 3.05) is 6.61 Å². The van der Waals surface area contributed by atoms with Crippen molar-refractivity contribution >= 4 is 0 Å². The Morgan fingerprint density at radius 1 is 1.12 bits per heavy atom. The van der Waals surface area contributed by atoms with Gasteiger partial charge in [-0.1, -0.05) is 6.07 Å². The van der Waals surface area contributed by atoms with E-state index in [1.807, 2.05) is 0 Å². The van der Waals surface area contributed by atoms with E-state index in [0.29, 0.717) is 12.1 Å². The highest BCUT2D eigenvalue weighted by Gasteiger charge is 2.44. The Kier molecular flexibility index (Phi) is 5.25. The van der Waals surface area contributed by atoms with Gasteiger partial charge in [-0.15, -0.1) is 0 Å². The van der Waals surface area contributed by atoms with Crippen molar-refractivity contribution < 1.29 is 18.6 Å². The van der Waals surface area contributed by atoms with Gasteiger partial charge in [0, 0.05) is 17.5 Å². The maximum Gasteiger partial charge on any atom is 0.350 e. The second-order valence-corrected chi connectivity index (χ2v) is 8.07. The van der Waals surface area contributed by atoms with Gasteiger partial charge >= 0.3 is 5.69 Å². The minimum Gasteiger partial charge on any atom is -0.508 e. The monoisotopic (exact) mass is 454 g/mol. The van der Waals surface area contributed by atoms with Gasteiger partial charge in [0.25, 0.3) is 0 Å². The standard InChI is InChI=1S/C22H20F2N6O3/c23-16-1-6-19(20(24)7-16)22(11-28-13-25-12-26-28)8-15(10-33-22)9-30-21(32)29(14-27-30)17-2-4-18(31)5-3-17/h1-7,12-15,31H,8-11H2/t15-,22-/m0/s1. The van der Waals surface area contributed by atoms with Gasteiger partial charge in [0.15, 0.2) is 0 Å². The van der Waals surface area contributed by atoms with Gasteiger partial charge in [0.1, 0.15) is 42.0 Å². The highest BCUT2D eigenvalue weighted by molar-refractivity contribution is 5.36. The molecule has 5 rings (SSSR count). The molecule has 1 aliphatic rings. The molecule has 0 amide bonds. The predicted octanol–water partition coefficient (Wildman–Crippen LogP) is 2.24. The molecule has 2 aromatic carbocycles. The van der Waals surface area contributed by atoms with Crippen molar-refractivity contribution in [1.82, 2.24) is 29.1 Å². The summed E-state index contributed by atoms with van der Waals surface area (Å²) in [6.45, 7) is 0.693. The zero-order valence-electron chi connectivity index (χ0n) is 17.4. The van der Waals surface area contributed by atoms with Crippen molar-refractivity contribution in [3.63, 3.8) is 0 Å². The van der Waals surface area contributed by atoms with Crippen LogP contribution in [0.1, 0.15) is 12.0 Å². The van der Waals surface area contributed by atoms with E-state index in [1.165, 1.54) is 57.2 Å². The van der Waals surface area contributed by atoms with Crippen LogP contribution in [0.5, 0.6) is 5.75 Å². The fourth-order valence-corrected chi connectivity index (χ4v) is 4.29. The lowest BCUT2D eigenvalue weighted by molar-refractivity contribution is -0.0205. The summed E-state index contributed by atoms with van der Waals surface area (Å²) in [5, 5.41) is 17.8. The number of benzene rings is 2. The highest BCUT2D eigenvalue weighted by Crippen LogP contribution is 2.42. The number of aromatic hydroxyl groups is 1. The lowest BCUT2D eigenvalue weighted by Crippen LogP contribution is -2.33. The number of rotatable bonds is 6. The predicted molar refractivity (Wildman–Crippen MR) is 112 cm³/mol. The second-order valence-electron chi connectivity index (χ2n) is 8.07. The largest absolute Gasteiger partial charge is 0.508 e. The third kappa shape index (κ3) is 4.02. The van der Waals surface area contributed by atoms with Crippen molar-refractivity contribution in [3.05, 3.63) is 89.1 Å². The molecular weight excluding hydrogens is 434 g/mol. The molecule has 33 heavy (non-hydrogen) atoms. The van der Waals surface area contributed by atoms with E-state index in [2.05, 4.69) is 15.2 Å². The number of ether oxygens (including phenoxy) is 1. The first-order valence-electron chi connectivity index (χ1n) is 10.3. The van der Waals surface area contributed by atoms with Crippen molar-refractivity contribution in [1.29, 1.82) is 0 Å². The minimum atomic E-state index is -1.10. The van der Waals surface area contributed by atoms with Crippen LogP contribution >= 0.6 is 0 Å². The SMILES string of the molecule is O=c1n(-c2ccc(O)cc2)cnn1C[C@H]1CO[C@@](Cn2cncn2)(c2ccc(F)cc2F)C1. The summed E-state index contributed by atoms with van der Waals surface area (Å²) in [6.07, 6.45) is 4.65. The number of hydrogen-bond donors (Lipinski definition) is 1. The number of nitrogens with zero attached hydrogens (tertiary/aromatic N) is 6. The lowest BCUT2D eigenvalue weighted by atomic mass is 9.86. The fraction of sp³-hybridized carbons (Fsp3) is 0.273. The average Bonchev–Trinajstić information content (AvgIpc) is 3.52. The number of aromatic nitrogens is 6. The molecule has 1 fully saturated rings. The first-order valence-corrected chi connectivity index (χ1v) is 10.3. The summed E-state index contributed by atoms with van der Waals surface area (Å²) in [5.41, 5.74) is -0.647. The van der Waals surface area contributed by atoms with Gasteiger partial charge in [-0.2, -0.15) is 10.2 Å². The Bertz CT molecular complexity index is 1320. The summed E-state index contributed by atoms with van der Waals surface area (Å²) in [4.78, 5) is 16.8. The summed E-state index contributed by atoms with van der Waals surface area (Å²) in [6, 6.07) is 9.61. The molecule has 1 N–H and O–H groups in total. The van der Waals surface area contributed by atoms with Gasteiger partial charge in [-0.05, 0) is 36.8 Å². The van der Waals surface area contributed by atoms with E-state index in [4.69, 9.17) is 4.74 Å². The Balaban J connectivity index is 1.41. The second kappa shape index (κ2) is 8.24. The van der Waals surface area contributed by atoms with Crippen LogP contribution in [-0.2, 0) is 23.4 Å². The van der Waals surface area contributed by atoms with Crippen LogP contribution in [0.3, 0.4) is 0 Å². The number of hydrogen-bond acceptors (Lipinski definition) is 6. The Hall–Kier alpha value is -3.86. The number of phenols is 1. The summed E-state index contributed by atoms with van der Waals surface area (Å²) in [5.74, 6) is -1.43. The van der Waals surface area contributed by atoms with Crippen LogP contribution in [0, 0.1) is 17.6 Å². The molecule has 0 bridgehead atoms. The maximum atomic E-state index is 14.8. The van der Waals surface area contributed by atoms with E-state index < -0.39 is 17.2 Å². The zero-order valence-corrected chi connectivity index (χ0v) is 17.4. The first kappa shape index (κ1) is 21.0. The van der Waals surface area contributed by atoms with Crippen LogP contribution in [0.15, 0.2) is 66.2 Å². The summed E-state index contributed by atoms with van der Waals surface area (Å²) < 4.78 is 38.7. The average molecular weight is 454 g/mol. The molecule has 11 heteroatoms. The van der Waals surface area contributed by atoms with Gasteiger partial charge in [-0.3, -0.25) is 0 Å².